The summed E-state index contributed by atoms with van der Waals surface area (Å²) in [7, 11) is -3.83. The Morgan fingerprint density at radius 3 is 2.70 bits per heavy atom. The number of carbonyl (C=O) groups excluding carboxylic acids is 1. The number of aliphatic hydroxyl groups is 1. The zero-order valence-corrected chi connectivity index (χ0v) is 22.3. The number of esters is 1. The van der Waals surface area contributed by atoms with Gasteiger partial charge in [0.25, 0.3) is 0 Å². The third-order valence-corrected chi connectivity index (χ3v) is 10.3. The molecule has 1 atom stereocenters. The molecule has 1 aromatic heterocycles. The molecule has 3 aromatic rings. The molecule has 9 nitrogen and oxygen atoms in total. The van der Waals surface area contributed by atoms with Crippen LogP contribution in [0.2, 0.25) is 0 Å². The van der Waals surface area contributed by atoms with E-state index in [9.17, 15) is 18.3 Å². The Morgan fingerprint density at radius 1 is 1.19 bits per heavy atom. The molecule has 11 heteroatoms. The number of aliphatic hydroxyl groups excluding tert-OH is 1. The Morgan fingerprint density at radius 2 is 1.95 bits per heavy atom. The van der Waals surface area contributed by atoms with Crippen LogP contribution in [0.15, 0.2) is 35.2 Å². The molecule has 0 aliphatic carbocycles. The van der Waals surface area contributed by atoms with Gasteiger partial charge in [0.2, 0.25) is 10.0 Å². The lowest BCUT2D eigenvalue weighted by molar-refractivity contribution is 0.0534. The lowest BCUT2D eigenvalue weighted by Gasteiger charge is -2.40. The maximum Gasteiger partial charge on any atom is 0.338 e. The van der Waals surface area contributed by atoms with Crippen LogP contribution in [-0.4, -0.2) is 62.1 Å². The molecule has 6 rings (SSSR count). The lowest BCUT2D eigenvalue weighted by atomic mass is 9.77. The van der Waals surface area contributed by atoms with Crippen LogP contribution in [0.4, 0.5) is 5.13 Å². The number of sulfonamides is 1. The number of fused-ring (bicyclic) bond motifs is 2. The summed E-state index contributed by atoms with van der Waals surface area (Å²) in [6.45, 7) is 6.39. The van der Waals surface area contributed by atoms with E-state index in [1.165, 1.54) is 17.4 Å². The second-order valence-corrected chi connectivity index (χ2v) is 13.1. The number of likely N-dealkylation sites (tertiary alicyclic amines) is 1. The van der Waals surface area contributed by atoms with E-state index in [0.717, 1.165) is 72.0 Å². The van der Waals surface area contributed by atoms with Crippen LogP contribution in [-0.2, 0) is 21.4 Å². The van der Waals surface area contributed by atoms with Crippen LogP contribution in [0.1, 0.15) is 52.4 Å². The van der Waals surface area contributed by atoms with Crippen molar-refractivity contribution in [2.75, 3.05) is 37.6 Å². The molecule has 2 aromatic carbocycles. The van der Waals surface area contributed by atoms with Crippen molar-refractivity contribution in [2.45, 2.75) is 43.8 Å². The van der Waals surface area contributed by atoms with Gasteiger partial charge in [0, 0.05) is 25.2 Å². The van der Waals surface area contributed by atoms with E-state index < -0.39 is 16.1 Å². The molecule has 0 saturated carbocycles. The third-order valence-electron chi connectivity index (χ3n) is 8.30. The van der Waals surface area contributed by atoms with E-state index in [-0.39, 0.29) is 22.9 Å². The SMILES string of the molecule is Cc1c([C@@H](O)CN2CCC3(CC2)CCN(c2nc4c(S(N)(=O)=O)cccc4s2)C3)ccc2c1COC2=O. The predicted octanol–water partition coefficient (Wildman–Crippen LogP) is 2.95. The first-order chi connectivity index (χ1) is 17.6. The number of para-hydroxylation sites is 1. The maximum absolute atomic E-state index is 12.0. The topological polar surface area (TPSA) is 126 Å². The lowest BCUT2D eigenvalue weighted by Crippen LogP contribution is -2.43. The molecule has 1 spiro atoms. The average Bonchev–Trinajstić information content (AvgIpc) is 3.57. The van der Waals surface area contributed by atoms with E-state index in [1.807, 2.05) is 19.1 Å². The van der Waals surface area contributed by atoms with Crippen LogP contribution in [0, 0.1) is 12.3 Å². The van der Waals surface area contributed by atoms with Gasteiger partial charge in [-0.1, -0.05) is 23.5 Å². The Labute approximate surface area is 219 Å². The van der Waals surface area contributed by atoms with Crippen molar-refractivity contribution in [3.8, 4) is 0 Å². The molecule has 4 heterocycles. The molecule has 2 saturated heterocycles. The van der Waals surface area contributed by atoms with Gasteiger partial charge in [-0.25, -0.2) is 23.3 Å². The number of hydrogen-bond acceptors (Lipinski definition) is 9. The minimum atomic E-state index is -3.83. The number of nitrogens with two attached hydrogens (primary N) is 1. The normalized spacial score (nSPS) is 20.5. The third kappa shape index (κ3) is 4.42. The number of ether oxygens (including phenoxy) is 1. The fraction of sp³-hybridized carbons (Fsp3) is 0.462. The van der Waals surface area contributed by atoms with Gasteiger partial charge in [-0.2, -0.15) is 0 Å². The number of rotatable bonds is 5. The molecule has 3 N–H and O–H groups in total. The molecule has 196 valence electrons. The highest BCUT2D eigenvalue weighted by molar-refractivity contribution is 7.89. The monoisotopic (exact) mass is 542 g/mol. The standard InChI is InChI=1S/C26H30N4O5S2/c1-16-17(5-6-18-19(16)14-35-24(18)32)20(31)13-29-10-7-26(8-11-29)9-12-30(15-26)25-28-23-21(36-25)3-2-4-22(23)37(27,33)34/h2-6,20,31H,7-15H2,1H3,(H2,27,33,34)/t20-/m0/s1. The van der Waals surface area contributed by atoms with Crippen LogP contribution >= 0.6 is 11.3 Å². The summed E-state index contributed by atoms with van der Waals surface area (Å²) in [5.41, 5.74) is 3.94. The average molecular weight is 543 g/mol. The van der Waals surface area contributed by atoms with Crippen molar-refractivity contribution >= 4 is 42.7 Å². The Hall–Kier alpha value is -2.57. The van der Waals surface area contributed by atoms with Crippen molar-refractivity contribution in [1.29, 1.82) is 0 Å². The zero-order valence-electron chi connectivity index (χ0n) is 20.6. The Kier molecular flexibility index (Phi) is 6.03. The molecular weight excluding hydrogens is 512 g/mol. The largest absolute Gasteiger partial charge is 0.457 e. The number of thiazole rings is 1. The van der Waals surface area contributed by atoms with Crippen molar-refractivity contribution in [2.24, 2.45) is 10.6 Å². The molecule has 2 fully saturated rings. The number of cyclic esters (lactones) is 1. The van der Waals surface area contributed by atoms with Gasteiger partial charge in [-0.15, -0.1) is 0 Å². The van der Waals surface area contributed by atoms with Crippen LogP contribution < -0.4 is 10.0 Å². The minimum Gasteiger partial charge on any atom is -0.457 e. The number of nitrogens with zero attached hydrogens (tertiary/aromatic N) is 3. The van der Waals surface area contributed by atoms with Gasteiger partial charge in [-0.3, -0.25) is 0 Å². The summed E-state index contributed by atoms with van der Waals surface area (Å²) in [6.07, 6.45) is 2.52. The second-order valence-electron chi connectivity index (χ2n) is 10.5. The number of primary sulfonamides is 1. The van der Waals surface area contributed by atoms with Gasteiger partial charge in [0.15, 0.2) is 5.13 Å². The van der Waals surface area contributed by atoms with E-state index >= 15 is 0 Å². The molecule has 0 unspecified atom stereocenters. The van der Waals surface area contributed by atoms with Crippen LogP contribution in [0.5, 0.6) is 0 Å². The number of β-amino-alcohol motifs (C(OH)–C–C–N with tert-alkyl or cyclic N) is 1. The summed E-state index contributed by atoms with van der Waals surface area (Å²) >= 11 is 1.51. The highest BCUT2D eigenvalue weighted by Crippen LogP contribution is 2.44. The Balaban J connectivity index is 1.10. The number of carbonyl (C=O) groups is 1. The number of hydrogen-bond donors (Lipinski definition) is 2. The van der Waals surface area contributed by atoms with Crippen LogP contribution in [0.25, 0.3) is 10.2 Å². The molecule has 0 radical (unpaired) electrons. The molecule has 37 heavy (non-hydrogen) atoms. The fourth-order valence-electron chi connectivity index (χ4n) is 6.06. The van der Waals surface area contributed by atoms with Gasteiger partial charge in [0.05, 0.1) is 16.4 Å². The summed E-state index contributed by atoms with van der Waals surface area (Å²) < 4.78 is 29.9. The highest BCUT2D eigenvalue weighted by Gasteiger charge is 2.42. The van der Waals surface area contributed by atoms with Crippen molar-refractivity contribution in [3.05, 3.63) is 52.6 Å². The molecule has 0 amide bonds. The number of anilines is 1. The summed E-state index contributed by atoms with van der Waals surface area (Å²) in [5, 5.41) is 17.3. The number of aromatic nitrogens is 1. The minimum absolute atomic E-state index is 0.0750. The Bertz CT molecular complexity index is 1490. The quantitative estimate of drug-likeness (QED) is 0.472. The molecular formula is C26H30N4O5S2. The molecule has 3 aliphatic rings. The van der Waals surface area contributed by atoms with Crippen molar-refractivity contribution < 1.29 is 23.1 Å². The van der Waals surface area contributed by atoms with E-state index in [4.69, 9.17) is 9.88 Å². The first kappa shape index (κ1) is 24.7. The zero-order chi connectivity index (χ0) is 25.9. The van der Waals surface area contributed by atoms with Gasteiger partial charge >= 0.3 is 5.97 Å². The summed E-state index contributed by atoms with van der Waals surface area (Å²) in [5.74, 6) is -0.290. The first-order valence-corrected chi connectivity index (χ1v) is 14.9. The number of piperidine rings is 1. The van der Waals surface area contributed by atoms with Crippen LogP contribution in [0.3, 0.4) is 0 Å². The maximum atomic E-state index is 12.0. The smallest absolute Gasteiger partial charge is 0.338 e. The summed E-state index contributed by atoms with van der Waals surface area (Å²) in [6, 6.07) is 8.72. The molecule has 3 aliphatic heterocycles. The second kappa shape index (κ2) is 9.02. The van der Waals surface area contributed by atoms with Crippen molar-refractivity contribution in [3.63, 3.8) is 0 Å². The number of benzene rings is 2. The van der Waals surface area contributed by atoms with E-state index in [2.05, 4.69) is 14.8 Å². The molecule has 0 bridgehead atoms. The van der Waals surface area contributed by atoms with Crippen molar-refractivity contribution in [1.82, 2.24) is 9.88 Å². The highest BCUT2D eigenvalue weighted by atomic mass is 32.2. The van der Waals surface area contributed by atoms with E-state index in [0.29, 0.717) is 17.6 Å². The van der Waals surface area contributed by atoms with Gasteiger partial charge in [-0.05, 0) is 74.0 Å². The van der Waals surface area contributed by atoms with E-state index in [1.54, 1.807) is 12.1 Å². The van der Waals surface area contributed by atoms with Gasteiger partial charge < -0.3 is 19.6 Å². The van der Waals surface area contributed by atoms with Gasteiger partial charge in [0.1, 0.15) is 17.0 Å². The fourth-order valence-corrected chi connectivity index (χ4v) is 7.84. The predicted molar refractivity (Wildman–Crippen MR) is 141 cm³/mol. The summed E-state index contributed by atoms with van der Waals surface area (Å²) in [4.78, 5) is 21.2. The first-order valence-electron chi connectivity index (χ1n) is 12.5.